The SMILES string of the molecule is Cc1cc(OCCCN2CCCC2)ccc1C(C)C. The second-order valence-electron chi connectivity index (χ2n) is 5.92. The highest BCUT2D eigenvalue weighted by molar-refractivity contribution is 5.36. The third kappa shape index (κ3) is 4.24. The molecule has 0 amide bonds. The number of hydrogen-bond acceptors (Lipinski definition) is 2. The van der Waals surface area contributed by atoms with E-state index in [-0.39, 0.29) is 0 Å². The Morgan fingerprint density at radius 2 is 1.95 bits per heavy atom. The first-order valence-electron chi connectivity index (χ1n) is 7.62. The molecule has 0 radical (unpaired) electrons. The maximum absolute atomic E-state index is 5.85. The van der Waals surface area contributed by atoms with Gasteiger partial charge < -0.3 is 9.64 Å². The lowest BCUT2D eigenvalue weighted by atomic mass is 9.98. The minimum Gasteiger partial charge on any atom is -0.494 e. The van der Waals surface area contributed by atoms with Crippen LogP contribution in [0, 0.1) is 6.92 Å². The van der Waals surface area contributed by atoms with E-state index in [1.54, 1.807) is 0 Å². The zero-order valence-corrected chi connectivity index (χ0v) is 12.6. The highest BCUT2D eigenvalue weighted by Crippen LogP contribution is 2.23. The Hall–Kier alpha value is -1.02. The highest BCUT2D eigenvalue weighted by atomic mass is 16.5. The average Bonchev–Trinajstić information content (AvgIpc) is 2.87. The molecule has 0 saturated carbocycles. The van der Waals surface area contributed by atoms with Crippen LogP contribution in [0.4, 0.5) is 0 Å². The van der Waals surface area contributed by atoms with Crippen molar-refractivity contribution in [3.63, 3.8) is 0 Å². The molecule has 2 heteroatoms. The predicted molar refractivity (Wildman–Crippen MR) is 81.1 cm³/mol. The van der Waals surface area contributed by atoms with E-state index in [2.05, 4.69) is 43.9 Å². The summed E-state index contributed by atoms with van der Waals surface area (Å²) in [7, 11) is 0. The van der Waals surface area contributed by atoms with Gasteiger partial charge in [-0.15, -0.1) is 0 Å². The fraction of sp³-hybridized carbons (Fsp3) is 0.647. The van der Waals surface area contributed by atoms with Crippen LogP contribution in [-0.2, 0) is 0 Å². The van der Waals surface area contributed by atoms with E-state index >= 15 is 0 Å². The monoisotopic (exact) mass is 261 g/mol. The van der Waals surface area contributed by atoms with Gasteiger partial charge in [-0.1, -0.05) is 19.9 Å². The van der Waals surface area contributed by atoms with E-state index < -0.39 is 0 Å². The molecular weight excluding hydrogens is 234 g/mol. The molecule has 19 heavy (non-hydrogen) atoms. The van der Waals surface area contributed by atoms with Crippen molar-refractivity contribution < 1.29 is 4.74 Å². The standard InChI is InChI=1S/C17H27NO/c1-14(2)17-8-7-16(13-15(17)3)19-12-6-11-18-9-4-5-10-18/h7-8,13-14H,4-6,9-12H2,1-3H3. The lowest BCUT2D eigenvalue weighted by molar-refractivity contribution is 0.263. The molecule has 0 atom stereocenters. The van der Waals surface area contributed by atoms with Gasteiger partial charge in [-0.25, -0.2) is 0 Å². The molecule has 0 bridgehead atoms. The first kappa shape index (κ1) is 14.4. The van der Waals surface area contributed by atoms with E-state index in [0.29, 0.717) is 5.92 Å². The van der Waals surface area contributed by atoms with Crippen LogP contribution in [0.2, 0.25) is 0 Å². The first-order valence-corrected chi connectivity index (χ1v) is 7.62. The number of nitrogens with zero attached hydrogens (tertiary/aromatic N) is 1. The van der Waals surface area contributed by atoms with Crippen LogP contribution in [0.15, 0.2) is 18.2 Å². The van der Waals surface area contributed by atoms with Gasteiger partial charge in [0.25, 0.3) is 0 Å². The van der Waals surface area contributed by atoms with Gasteiger partial charge in [0.1, 0.15) is 5.75 Å². The maximum atomic E-state index is 5.85. The number of ether oxygens (including phenoxy) is 1. The van der Waals surface area contributed by atoms with Crippen LogP contribution in [-0.4, -0.2) is 31.1 Å². The Morgan fingerprint density at radius 1 is 1.21 bits per heavy atom. The molecule has 1 saturated heterocycles. The maximum Gasteiger partial charge on any atom is 0.119 e. The molecule has 0 spiro atoms. The van der Waals surface area contributed by atoms with Crippen molar-refractivity contribution in [1.82, 2.24) is 4.90 Å². The molecule has 0 N–H and O–H groups in total. The van der Waals surface area contributed by atoms with Crippen molar-refractivity contribution in [2.45, 2.75) is 46.0 Å². The number of hydrogen-bond donors (Lipinski definition) is 0. The molecule has 1 aromatic rings. The molecule has 1 heterocycles. The molecule has 2 rings (SSSR count). The van der Waals surface area contributed by atoms with Crippen molar-refractivity contribution >= 4 is 0 Å². The zero-order valence-electron chi connectivity index (χ0n) is 12.6. The summed E-state index contributed by atoms with van der Waals surface area (Å²) in [6.45, 7) is 11.2. The summed E-state index contributed by atoms with van der Waals surface area (Å²) in [4.78, 5) is 2.54. The van der Waals surface area contributed by atoms with Gasteiger partial charge >= 0.3 is 0 Å². The van der Waals surface area contributed by atoms with E-state index in [4.69, 9.17) is 4.74 Å². The summed E-state index contributed by atoms with van der Waals surface area (Å²) in [5.41, 5.74) is 2.76. The van der Waals surface area contributed by atoms with Crippen LogP contribution < -0.4 is 4.74 Å². The number of aryl methyl sites for hydroxylation is 1. The minimum absolute atomic E-state index is 0.587. The fourth-order valence-electron chi connectivity index (χ4n) is 2.87. The second kappa shape index (κ2) is 6.95. The predicted octanol–water partition coefficient (Wildman–Crippen LogP) is 3.98. The second-order valence-corrected chi connectivity index (χ2v) is 5.92. The molecule has 1 aliphatic heterocycles. The van der Waals surface area contributed by atoms with Crippen molar-refractivity contribution in [2.24, 2.45) is 0 Å². The molecule has 2 nitrogen and oxygen atoms in total. The Kier molecular flexibility index (Phi) is 5.26. The van der Waals surface area contributed by atoms with Gasteiger partial charge in [-0.05, 0) is 68.5 Å². The lowest BCUT2D eigenvalue weighted by Gasteiger charge is -2.15. The van der Waals surface area contributed by atoms with Crippen LogP contribution in [0.3, 0.4) is 0 Å². The highest BCUT2D eigenvalue weighted by Gasteiger charge is 2.10. The average molecular weight is 261 g/mol. The van der Waals surface area contributed by atoms with Crippen molar-refractivity contribution in [1.29, 1.82) is 0 Å². The molecule has 0 unspecified atom stereocenters. The lowest BCUT2D eigenvalue weighted by Crippen LogP contribution is -2.21. The summed E-state index contributed by atoms with van der Waals surface area (Å²) < 4.78 is 5.85. The number of likely N-dealkylation sites (tertiary alicyclic amines) is 1. The van der Waals surface area contributed by atoms with Crippen LogP contribution in [0.25, 0.3) is 0 Å². The summed E-state index contributed by atoms with van der Waals surface area (Å²) in [6, 6.07) is 6.49. The van der Waals surface area contributed by atoms with E-state index in [1.165, 1.54) is 43.6 Å². The van der Waals surface area contributed by atoms with Gasteiger partial charge in [0.05, 0.1) is 6.61 Å². The molecule has 0 aromatic heterocycles. The Bertz CT molecular complexity index is 394. The topological polar surface area (TPSA) is 12.5 Å². The van der Waals surface area contributed by atoms with Crippen molar-refractivity contribution in [3.8, 4) is 5.75 Å². The minimum atomic E-state index is 0.587. The van der Waals surface area contributed by atoms with Crippen LogP contribution in [0.5, 0.6) is 5.75 Å². The van der Waals surface area contributed by atoms with E-state index in [0.717, 1.165) is 18.8 Å². The molecule has 1 fully saturated rings. The summed E-state index contributed by atoms with van der Waals surface area (Å²) >= 11 is 0. The van der Waals surface area contributed by atoms with E-state index in [9.17, 15) is 0 Å². The molecular formula is C17H27NO. The van der Waals surface area contributed by atoms with Gasteiger partial charge in [0.2, 0.25) is 0 Å². The smallest absolute Gasteiger partial charge is 0.119 e. The van der Waals surface area contributed by atoms with Gasteiger partial charge in [-0.3, -0.25) is 0 Å². The first-order chi connectivity index (χ1) is 9.16. The van der Waals surface area contributed by atoms with Crippen molar-refractivity contribution in [3.05, 3.63) is 29.3 Å². The van der Waals surface area contributed by atoms with Gasteiger partial charge in [0.15, 0.2) is 0 Å². The van der Waals surface area contributed by atoms with Gasteiger partial charge in [0, 0.05) is 6.54 Å². The van der Waals surface area contributed by atoms with Gasteiger partial charge in [-0.2, -0.15) is 0 Å². The third-order valence-corrected chi connectivity index (χ3v) is 3.95. The Balaban J connectivity index is 1.74. The van der Waals surface area contributed by atoms with Crippen LogP contribution in [0.1, 0.15) is 50.2 Å². The molecule has 1 aromatic carbocycles. The third-order valence-electron chi connectivity index (χ3n) is 3.95. The zero-order chi connectivity index (χ0) is 13.7. The number of benzene rings is 1. The summed E-state index contributed by atoms with van der Waals surface area (Å²) in [5.74, 6) is 1.60. The van der Waals surface area contributed by atoms with Crippen molar-refractivity contribution in [2.75, 3.05) is 26.2 Å². The number of rotatable bonds is 6. The normalized spacial score (nSPS) is 16.2. The quantitative estimate of drug-likeness (QED) is 0.718. The fourth-order valence-corrected chi connectivity index (χ4v) is 2.87. The molecule has 106 valence electrons. The van der Waals surface area contributed by atoms with E-state index in [1.807, 2.05) is 0 Å². The molecule has 1 aliphatic rings. The van der Waals surface area contributed by atoms with Crippen LogP contribution >= 0.6 is 0 Å². The molecule has 0 aliphatic carbocycles. The Labute approximate surface area is 117 Å². The largest absolute Gasteiger partial charge is 0.494 e. The summed E-state index contributed by atoms with van der Waals surface area (Å²) in [6.07, 6.45) is 3.87. The summed E-state index contributed by atoms with van der Waals surface area (Å²) in [5, 5.41) is 0. The Morgan fingerprint density at radius 3 is 2.58 bits per heavy atom.